The molecule has 3 aliphatic rings. The lowest BCUT2D eigenvalue weighted by molar-refractivity contribution is -0.118. The van der Waals surface area contributed by atoms with Gasteiger partial charge in [0.1, 0.15) is 0 Å². The molecule has 0 amide bonds. The minimum Gasteiger partial charge on any atom is -0.375 e. The second-order valence-electron chi connectivity index (χ2n) is 8.17. The van der Waals surface area contributed by atoms with Gasteiger partial charge in [0.05, 0.1) is 5.60 Å². The Balaban J connectivity index is 1.69. The second-order valence-corrected chi connectivity index (χ2v) is 9.39. The van der Waals surface area contributed by atoms with E-state index in [0.717, 1.165) is 18.4 Å². The zero-order chi connectivity index (χ0) is 14.9. The highest BCUT2D eigenvalue weighted by molar-refractivity contribution is 7.99. The zero-order valence-electron chi connectivity index (χ0n) is 13.9. The Labute approximate surface area is 135 Å². The summed E-state index contributed by atoms with van der Waals surface area (Å²) in [4.78, 5) is 0. The van der Waals surface area contributed by atoms with Gasteiger partial charge >= 0.3 is 0 Å². The molecule has 3 fully saturated rings. The molecule has 0 bridgehead atoms. The zero-order valence-corrected chi connectivity index (χ0v) is 14.7. The molecule has 2 nitrogen and oxygen atoms in total. The molecule has 2 aliphatic heterocycles. The van der Waals surface area contributed by atoms with Gasteiger partial charge in [-0.2, -0.15) is 11.8 Å². The smallest absolute Gasteiger partial charge is 0.0701 e. The van der Waals surface area contributed by atoms with Gasteiger partial charge < -0.3 is 10.5 Å². The average molecular weight is 312 g/mol. The van der Waals surface area contributed by atoms with E-state index in [1.165, 1.54) is 62.9 Å². The predicted molar refractivity (Wildman–Crippen MR) is 91.7 cm³/mol. The third-order valence-corrected chi connectivity index (χ3v) is 7.50. The first-order chi connectivity index (χ1) is 10.0. The lowest BCUT2D eigenvalue weighted by Gasteiger charge is -2.51. The highest BCUT2D eigenvalue weighted by Gasteiger charge is 2.47. The summed E-state index contributed by atoms with van der Waals surface area (Å²) in [6.45, 7) is 5.70. The van der Waals surface area contributed by atoms with Gasteiger partial charge in [0.25, 0.3) is 0 Å². The summed E-state index contributed by atoms with van der Waals surface area (Å²) in [5.74, 6) is 4.87. The van der Waals surface area contributed by atoms with Gasteiger partial charge in [0.15, 0.2) is 0 Å². The van der Waals surface area contributed by atoms with Crippen LogP contribution in [0.3, 0.4) is 0 Å². The maximum absolute atomic E-state index is 6.99. The molecule has 3 atom stereocenters. The molecular formula is C18H33NOS. The van der Waals surface area contributed by atoms with Gasteiger partial charge in [-0.25, -0.2) is 0 Å². The molecule has 2 heterocycles. The first-order valence-corrected chi connectivity index (χ1v) is 10.2. The molecular weight excluding hydrogens is 278 g/mol. The van der Waals surface area contributed by atoms with Crippen LogP contribution >= 0.6 is 11.8 Å². The SMILES string of the molecule is CC(C)C1CCCC(N)(C2CCOC3(CCSCC3)C2)C1. The quantitative estimate of drug-likeness (QED) is 0.829. The second kappa shape index (κ2) is 6.41. The van der Waals surface area contributed by atoms with Gasteiger partial charge in [-0.05, 0) is 67.8 Å². The molecule has 3 heteroatoms. The van der Waals surface area contributed by atoms with Crippen molar-refractivity contribution in [2.24, 2.45) is 23.5 Å². The third-order valence-electron chi connectivity index (χ3n) is 6.51. The predicted octanol–water partition coefficient (Wildman–Crippen LogP) is 4.22. The van der Waals surface area contributed by atoms with Crippen LogP contribution in [0.1, 0.15) is 65.2 Å². The Morgan fingerprint density at radius 2 is 1.86 bits per heavy atom. The molecule has 0 aromatic heterocycles. The van der Waals surface area contributed by atoms with E-state index in [2.05, 4.69) is 25.6 Å². The number of hydrogen-bond donors (Lipinski definition) is 1. The standard InChI is InChI=1S/C18H33NOS/c1-14(2)15-4-3-6-18(19,12-15)16-5-9-20-17(13-16)7-10-21-11-8-17/h14-16H,3-13,19H2,1-2H3. The van der Waals surface area contributed by atoms with Crippen LogP contribution in [0.25, 0.3) is 0 Å². The van der Waals surface area contributed by atoms with Crippen molar-refractivity contribution in [1.82, 2.24) is 0 Å². The highest BCUT2D eigenvalue weighted by atomic mass is 32.2. The lowest BCUT2D eigenvalue weighted by Crippen LogP contribution is -2.56. The van der Waals surface area contributed by atoms with Crippen LogP contribution in [0.15, 0.2) is 0 Å². The number of ether oxygens (including phenoxy) is 1. The van der Waals surface area contributed by atoms with E-state index in [1.807, 2.05) is 0 Å². The largest absolute Gasteiger partial charge is 0.375 e. The van der Waals surface area contributed by atoms with E-state index in [0.29, 0.717) is 5.92 Å². The third kappa shape index (κ3) is 3.45. The summed E-state index contributed by atoms with van der Waals surface area (Å²) in [5.41, 5.74) is 7.27. The molecule has 122 valence electrons. The van der Waals surface area contributed by atoms with Crippen molar-refractivity contribution in [3.63, 3.8) is 0 Å². The number of thioether (sulfide) groups is 1. The van der Waals surface area contributed by atoms with E-state index in [1.54, 1.807) is 0 Å². The summed E-state index contributed by atoms with van der Waals surface area (Å²) in [7, 11) is 0. The maximum atomic E-state index is 6.99. The minimum absolute atomic E-state index is 0.0918. The van der Waals surface area contributed by atoms with Crippen molar-refractivity contribution in [3.8, 4) is 0 Å². The molecule has 1 spiro atoms. The van der Waals surface area contributed by atoms with Gasteiger partial charge in [0, 0.05) is 12.1 Å². The van der Waals surface area contributed by atoms with Crippen LogP contribution in [-0.2, 0) is 4.74 Å². The monoisotopic (exact) mass is 311 g/mol. The summed E-state index contributed by atoms with van der Waals surface area (Å²) in [5, 5.41) is 0. The molecule has 0 aromatic rings. The molecule has 1 aliphatic carbocycles. The summed E-state index contributed by atoms with van der Waals surface area (Å²) >= 11 is 2.09. The van der Waals surface area contributed by atoms with Gasteiger partial charge in [-0.15, -0.1) is 0 Å². The van der Waals surface area contributed by atoms with Crippen molar-refractivity contribution < 1.29 is 4.74 Å². The first kappa shape index (κ1) is 16.1. The molecule has 0 aromatic carbocycles. The number of hydrogen-bond acceptors (Lipinski definition) is 3. The Kier molecular flexibility index (Phi) is 4.93. The van der Waals surface area contributed by atoms with Crippen LogP contribution in [0.2, 0.25) is 0 Å². The summed E-state index contributed by atoms with van der Waals surface area (Å²) < 4.78 is 6.28. The molecule has 2 N–H and O–H groups in total. The molecule has 3 rings (SSSR count). The molecule has 0 radical (unpaired) electrons. The van der Waals surface area contributed by atoms with Crippen LogP contribution in [0.5, 0.6) is 0 Å². The van der Waals surface area contributed by atoms with Gasteiger partial charge in [-0.3, -0.25) is 0 Å². The van der Waals surface area contributed by atoms with Crippen molar-refractivity contribution >= 4 is 11.8 Å². The first-order valence-electron chi connectivity index (χ1n) is 9.04. The van der Waals surface area contributed by atoms with Crippen LogP contribution < -0.4 is 5.73 Å². The Hall–Kier alpha value is 0.270. The Bertz CT molecular complexity index is 348. The van der Waals surface area contributed by atoms with E-state index < -0.39 is 0 Å². The van der Waals surface area contributed by atoms with E-state index in [-0.39, 0.29) is 11.1 Å². The van der Waals surface area contributed by atoms with E-state index >= 15 is 0 Å². The van der Waals surface area contributed by atoms with Crippen molar-refractivity contribution in [2.45, 2.75) is 76.4 Å². The van der Waals surface area contributed by atoms with Gasteiger partial charge in [0.2, 0.25) is 0 Å². The summed E-state index contributed by atoms with van der Waals surface area (Å²) in [6, 6.07) is 0. The number of rotatable bonds is 2. The van der Waals surface area contributed by atoms with Crippen LogP contribution in [0.4, 0.5) is 0 Å². The Morgan fingerprint density at radius 3 is 2.57 bits per heavy atom. The molecule has 1 saturated carbocycles. The fourth-order valence-electron chi connectivity index (χ4n) is 4.94. The Morgan fingerprint density at radius 1 is 1.10 bits per heavy atom. The van der Waals surface area contributed by atoms with Gasteiger partial charge in [-0.1, -0.05) is 26.7 Å². The fourth-order valence-corrected chi connectivity index (χ4v) is 6.17. The number of nitrogens with two attached hydrogens (primary N) is 1. The van der Waals surface area contributed by atoms with Crippen molar-refractivity contribution in [1.29, 1.82) is 0 Å². The lowest BCUT2D eigenvalue weighted by atomic mass is 9.63. The molecule has 21 heavy (non-hydrogen) atoms. The average Bonchev–Trinajstić information content (AvgIpc) is 2.48. The van der Waals surface area contributed by atoms with E-state index in [4.69, 9.17) is 10.5 Å². The minimum atomic E-state index is 0.0918. The highest BCUT2D eigenvalue weighted by Crippen LogP contribution is 2.47. The normalized spacial score (nSPS) is 40.6. The van der Waals surface area contributed by atoms with Crippen LogP contribution in [0, 0.1) is 17.8 Å². The summed E-state index contributed by atoms with van der Waals surface area (Å²) in [6.07, 6.45) is 10.1. The van der Waals surface area contributed by atoms with Crippen molar-refractivity contribution in [2.75, 3.05) is 18.1 Å². The van der Waals surface area contributed by atoms with E-state index in [9.17, 15) is 0 Å². The maximum Gasteiger partial charge on any atom is 0.0701 e. The molecule has 2 saturated heterocycles. The van der Waals surface area contributed by atoms with Crippen LogP contribution in [-0.4, -0.2) is 29.3 Å². The molecule has 3 unspecified atom stereocenters. The fraction of sp³-hybridized carbons (Fsp3) is 1.00. The topological polar surface area (TPSA) is 35.2 Å². The van der Waals surface area contributed by atoms with Crippen molar-refractivity contribution in [3.05, 3.63) is 0 Å².